The fourth-order valence-electron chi connectivity index (χ4n) is 2.39. The highest BCUT2D eigenvalue weighted by Crippen LogP contribution is 2.35. The zero-order valence-electron chi connectivity index (χ0n) is 13.0. The Bertz CT molecular complexity index is 526. The summed E-state index contributed by atoms with van der Waals surface area (Å²) < 4.78 is 6.13. The second kappa shape index (κ2) is 7.28. The fourth-order valence-corrected chi connectivity index (χ4v) is 2.39. The van der Waals surface area contributed by atoms with E-state index in [-0.39, 0.29) is 0 Å². The summed E-state index contributed by atoms with van der Waals surface area (Å²) in [4.78, 5) is 0. The molecule has 0 amide bonds. The van der Waals surface area contributed by atoms with Gasteiger partial charge in [-0.1, -0.05) is 57.2 Å². The van der Waals surface area contributed by atoms with Crippen molar-refractivity contribution in [2.75, 3.05) is 0 Å². The van der Waals surface area contributed by atoms with Crippen LogP contribution in [-0.4, -0.2) is 5.11 Å². The van der Waals surface area contributed by atoms with Gasteiger partial charge in [0.05, 0.1) is 6.10 Å². The maximum atomic E-state index is 10.1. The molecule has 2 atom stereocenters. The molecular formula is C19H24O2. The van der Waals surface area contributed by atoms with Crippen LogP contribution in [0.5, 0.6) is 11.5 Å². The SMILES string of the molecule is CCC(C)c1ccccc1Oc1ccccc1C(O)CC. The average molecular weight is 284 g/mol. The molecule has 112 valence electrons. The first-order chi connectivity index (χ1) is 10.2. The van der Waals surface area contributed by atoms with Gasteiger partial charge in [-0.3, -0.25) is 0 Å². The van der Waals surface area contributed by atoms with Crippen molar-refractivity contribution in [1.29, 1.82) is 0 Å². The zero-order valence-corrected chi connectivity index (χ0v) is 13.0. The van der Waals surface area contributed by atoms with E-state index < -0.39 is 6.10 Å². The topological polar surface area (TPSA) is 29.5 Å². The Morgan fingerprint density at radius 1 is 0.857 bits per heavy atom. The third-order valence-corrected chi connectivity index (χ3v) is 3.95. The van der Waals surface area contributed by atoms with Crippen molar-refractivity contribution in [2.24, 2.45) is 0 Å². The summed E-state index contributed by atoms with van der Waals surface area (Å²) in [5, 5.41) is 10.1. The highest BCUT2D eigenvalue weighted by molar-refractivity contribution is 5.43. The third-order valence-electron chi connectivity index (χ3n) is 3.95. The molecule has 2 aromatic rings. The van der Waals surface area contributed by atoms with Crippen molar-refractivity contribution in [3.05, 3.63) is 59.7 Å². The first-order valence-corrected chi connectivity index (χ1v) is 7.71. The minimum absolute atomic E-state index is 0.449. The average Bonchev–Trinajstić information content (AvgIpc) is 2.54. The Morgan fingerprint density at radius 2 is 1.38 bits per heavy atom. The summed E-state index contributed by atoms with van der Waals surface area (Å²) in [5.74, 6) is 2.06. The van der Waals surface area contributed by atoms with Crippen LogP contribution in [0, 0.1) is 0 Å². The van der Waals surface area contributed by atoms with Gasteiger partial charge in [0, 0.05) is 5.56 Å². The standard InChI is InChI=1S/C19H24O2/c1-4-14(3)15-10-6-8-12-18(15)21-19-13-9-7-11-16(19)17(20)5-2/h6-14,17,20H,4-5H2,1-3H3. The molecule has 0 aliphatic heterocycles. The molecular weight excluding hydrogens is 260 g/mol. The lowest BCUT2D eigenvalue weighted by Crippen LogP contribution is -2.01. The van der Waals surface area contributed by atoms with Gasteiger partial charge >= 0.3 is 0 Å². The van der Waals surface area contributed by atoms with E-state index in [1.165, 1.54) is 5.56 Å². The van der Waals surface area contributed by atoms with Crippen LogP contribution in [-0.2, 0) is 0 Å². The monoisotopic (exact) mass is 284 g/mol. The summed E-state index contributed by atoms with van der Waals surface area (Å²) in [6.45, 7) is 6.35. The van der Waals surface area contributed by atoms with Crippen molar-refractivity contribution in [2.45, 2.75) is 45.6 Å². The molecule has 1 N–H and O–H groups in total. The van der Waals surface area contributed by atoms with Gasteiger partial charge in [0.2, 0.25) is 0 Å². The maximum Gasteiger partial charge on any atom is 0.133 e. The number of aliphatic hydroxyl groups excluding tert-OH is 1. The van der Waals surface area contributed by atoms with Crippen LogP contribution in [0.15, 0.2) is 48.5 Å². The number of ether oxygens (including phenoxy) is 1. The van der Waals surface area contributed by atoms with Crippen LogP contribution in [0.3, 0.4) is 0 Å². The van der Waals surface area contributed by atoms with Gasteiger partial charge in [0.1, 0.15) is 11.5 Å². The quantitative estimate of drug-likeness (QED) is 0.765. The molecule has 0 aromatic heterocycles. The highest BCUT2D eigenvalue weighted by atomic mass is 16.5. The van der Waals surface area contributed by atoms with Crippen LogP contribution in [0.4, 0.5) is 0 Å². The summed E-state index contributed by atoms with van der Waals surface area (Å²) in [5.41, 5.74) is 2.06. The van der Waals surface area contributed by atoms with E-state index in [2.05, 4.69) is 19.9 Å². The minimum atomic E-state index is -0.489. The summed E-state index contributed by atoms with van der Waals surface area (Å²) in [7, 11) is 0. The minimum Gasteiger partial charge on any atom is -0.457 e. The smallest absolute Gasteiger partial charge is 0.133 e. The van der Waals surface area contributed by atoms with Crippen molar-refractivity contribution in [1.82, 2.24) is 0 Å². The number of hydrogen-bond acceptors (Lipinski definition) is 2. The van der Waals surface area contributed by atoms with Crippen LogP contribution < -0.4 is 4.74 Å². The number of aliphatic hydroxyl groups is 1. The van der Waals surface area contributed by atoms with E-state index in [0.29, 0.717) is 12.3 Å². The maximum absolute atomic E-state index is 10.1. The van der Waals surface area contributed by atoms with Gasteiger partial charge < -0.3 is 9.84 Å². The zero-order chi connectivity index (χ0) is 15.2. The van der Waals surface area contributed by atoms with E-state index in [1.54, 1.807) is 0 Å². The van der Waals surface area contributed by atoms with Crippen molar-refractivity contribution in [3.8, 4) is 11.5 Å². The molecule has 0 spiro atoms. The number of para-hydroxylation sites is 2. The Labute approximate surface area is 127 Å². The molecule has 2 unspecified atom stereocenters. The molecule has 0 bridgehead atoms. The number of hydrogen-bond donors (Lipinski definition) is 1. The van der Waals surface area contributed by atoms with Crippen molar-refractivity contribution in [3.63, 3.8) is 0 Å². The molecule has 0 saturated heterocycles. The Balaban J connectivity index is 2.35. The van der Waals surface area contributed by atoms with E-state index in [9.17, 15) is 5.11 Å². The molecule has 0 saturated carbocycles. The third kappa shape index (κ3) is 3.64. The summed E-state index contributed by atoms with van der Waals surface area (Å²) in [6.07, 6.45) is 1.25. The molecule has 2 rings (SSSR count). The van der Waals surface area contributed by atoms with Crippen LogP contribution in [0.1, 0.15) is 56.8 Å². The Morgan fingerprint density at radius 3 is 1.95 bits per heavy atom. The lowest BCUT2D eigenvalue weighted by Gasteiger charge is -2.18. The van der Waals surface area contributed by atoms with Crippen LogP contribution in [0.2, 0.25) is 0 Å². The second-order valence-electron chi connectivity index (χ2n) is 5.41. The predicted octanol–water partition coefficient (Wildman–Crippen LogP) is 5.44. The Hall–Kier alpha value is -1.80. The normalized spacial score (nSPS) is 13.7. The lowest BCUT2D eigenvalue weighted by molar-refractivity contribution is 0.170. The van der Waals surface area contributed by atoms with E-state index >= 15 is 0 Å². The summed E-state index contributed by atoms with van der Waals surface area (Å²) in [6, 6.07) is 15.9. The number of benzene rings is 2. The molecule has 0 heterocycles. The second-order valence-corrected chi connectivity index (χ2v) is 5.41. The van der Waals surface area contributed by atoms with E-state index in [1.807, 2.05) is 49.4 Å². The van der Waals surface area contributed by atoms with Gasteiger partial charge in [-0.05, 0) is 36.5 Å². The van der Waals surface area contributed by atoms with Gasteiger partial charge in [-0.15, -0.1) is 0 Å². The van der Waals surface area contributed by atoms with Crippen molar-refractivity contribution >= 4 is 0 Å². The van der Waals surface area contributed by atoms with Gasteiger partial charge in [0.15, 0.2) is 0 Å². The molecule has 2 heteroatoms. The van der Waals surface area contributed by atoms with Gasteiger partial charge in [0.25, 0.3) is 0 Å². The first-order valence-electron chi connectivity index (χ1n) is 7.71. The molecule has 0 fully saturated rings. The molecule has 0 aliphatic rings. The molecule has 2 nitrogen and oxygen atoms in total. The Kier molecular flexibility index (Phi) is 5.40. The van der Waals surface area contributed by atoms with Crippen molar-refractivity contribution < 1.29 is 9.84 Å². The summed E-state index contributed by atoms with van der Waals surface area (Å²) >= 11 is 0. The van der Waals surface area contributed by atoms with Gasteiger partial charge in [-0.25, -0.2) is 0 Å². The molecule has 21 heavy (non-hydrogen) atoms. The molecule has 0 radical (unpaired) electrons. The fraction of sp³-hybridized carbons (Fsp3) is 0.368. The van der Waals surface area contributed by atoms with E-state index in [0.717, 1.165) is 23.5 Å². The molecule has 0 aliphatic carbocycles. The number of rotatable bonds is 6. The highest BCUT2D eigenvalue weighted by Gasteiger charge is 2.15. The van der Waals surface area contributed by atoms with Crippen LogP contribution in [0.25, 0.3) is 0 Å². The largest absolute Gasteiger partial charge is 0.457 e. The van der Waals surface area contributed by atoms with Gasteiger partial charge in [-0.2, -0.15) is 0 Å². The first kappa shape index (κ1) is 15.6. The van der Waals surface area contributed by atoms with Crippen LogP contribution >= 0.6 is 0 Å². The van der Waals surface area contributed by atoms with E-state index in [4.69, 9.17) is 4.74 Å². The lowest BCUT2D eigenvalue weighted by atomic mass is 9.97. The molecule has 2 aromatic carbocycles. The predicted molar refractivity (Wildman–Crippen MR) is 86.9 cm³/mol.